The highest BCUT2D eigenvalue weighted by Gasteiger charge is 2.27. The van der Waals surface area contributed by atoms with Crippen LogP contribution in [0, 0.1) is 0 Å². The lowest BCUT2D eigenvalue weighted by Crippen LogP contribution is -2.41. The molecule has 0 saturated carbocycles. The molecule has 5 nitrogen and oxygen atoms in total. The molecule has 0 aromatic rings. The maximum Gasteiger partial charge on any atom is 0.214 e. The number of unbranched alkanes of at least 4 members (excludes halogenated alkanes) is 1. The average molecular weight is 250 g/mol. The van der Waals surface area contributed by atoms with E-state index in [4.69, 9.17) is 10.5 Å². The number of sulfonamides is 1. The van der Waals surface area contributed by atoms with E-state index in [1.807, 2.05) is 0 Å². The number of rotatable bonds is 6. The molecule has 1 saturated heterocycles. The van der Waals surface area contributed by atoms with Crippen molar-refractivity contribution in [3.63, 3.8) is 0 Å². The van der Waals surface area contributed by atoms with Gasteiger partial charge >= 0.3 is 0 Å². The zero-order valence-corrected chi connectivity index (χ0v) is 10.7. The van der Waals surface area contributed by atoms with Crippen molar-refractivity contribution in [3.8, 4) is 0 Å². The van der Waals surface area contributed by atoms with Crippen LogP contribution in [0.15, 0.2) is 0 Å². The van der Waals surface area contributed by atoms with Crippen LogP contribution in [0.25, 0.3) is 0 Å². The minimum absolute atomic E-state index is 0.218. The van der Waals surface area contributed by atoms with Crippen molar-refractivity contribution < 1.29 is 13.2 Å². The molecule has 0 radical (unpaired) electrons. The van der Waals surface area contributed by atoms with Gasteiger partial charge in [0.2, 0.25) is 10.0 Å². The lowest BCUT2D eigenvalue weighted by Gasteiger charge is -2.30. The number of hydrogen-bond acceptors (Lipinski definition) is 4. The van der Waals surface area contributed by atoms with E-state index in [0.717, 1.165) is 19.3 Å². The average Bonchev–Trinajstić information content (AvgIpc) is 2.29. The molecule has 6 heteroatoms. The van der Waals surface area contributed by atoms with Crippen LogP contribution in [-0.2, 0) is 14.8 Å². The fourth-order valence-corrected chi connectivity index (χ4v) is 3.50. The summed E-state index contributed by atoms with van der Waals surface area (Å²) in [6, 6.07) is 0. The summed E-state index contributed by atoms with van der Waals surface area (Å²) in [6.07, 6.45) is 3.24. The van der Waals surface area contributed by atoms with Gasteiger partial charge in [-0.15, -0.1) is 0 Å². The smallest absolute Gasteiger partial charge is 0.214 e. The molecule has 2 N–H and O–H groups in total. The Morgan fingerprint density at radius 3 is 2.44 bits per heavy atom. The van der Waals surface area contributed by atoms with Gasteiger partial charge in [0, 0.05) is 20.2 Å². The van der Waals surface area contributed by atoms with Gasteiger partial charge in [0.25, 0.3) is 0 Å². The van der Waals surface area contributed by atoms with Crippen molar-refractivity contribution in [1.82, 2.24) is 4.31 Å². The first kappa shape index (κ1) is 13.9. The van der Waals surface area contributed by atoms with Gasteiger partial charge in [0.05, 0.1) is 11.9 Å². The summed E-state index contributed by atoms with van der Waals surface area (Å²) in [5, 5.41) is 0. The summed E-state index contributed by atoms with van der Waals surface area (Å²) in [5.74, 6) is 0.224. The molecule has 0 bridgehead atoms. The molecule has 96 valence electrons. The van der Waals surface area contributed by atoms with Crippen LogP contribution in [0.1, 0.15) is 25.7 Å². The third-order valence-electron chi connectivity index (χ3n) is 2.98. The molecule has 1 rings (SSSR count). The first-order chi connectivity index (χ1) is 7.60. The normalized spacial score (nSPS) is 20.1. The van der Waals surface area contributed by atoms with Gasteiger partial charge < -0.3 is 10.5 Å². The summed E-state index contributed by atoms with van der Waals surface area (Å²) in [6.45, 7) is 1.73. The number of nitrogens with two attached hydrogens (primary N) is 1. The molecule has 1 fully saturated rings. The lowest BCUT2D eigenvalue weighted by atomic mass is 10.1. The Kier molecular flexibility index (Phi) is 5.68. The van der Waals surface area contributed by atoms with Crippen molar-refractivity contribution >= 4 is 10.0 Å². The maximum absolute atomic E-state index is 11.9. The molecular weight excluding hydrogens is 228 g/mol. The van der Waals surface area contributed by atoms with Crippen molar-refractivity contribution in [2.45, 2.75) is 31.8 Å². The van der Waals surface area contributed by atoms with Crippen LogP contribution in [0.4, 0.5) is 0 Å². The van der Waals surface area contributed by atoms with Crippen LogP contribution in [0.3, 0.4) is 0 Å². The first-order valence-corrected chi connectivity index (χ1v) is 7.41. The third kappa shape index (κ3) is 4.01. The predicted molar refractivity (Wildman–Crippen MR) is 63.7 cm³/mol. The van der Waals surface area contributed by atoms with Gasteiger partial charge in [0.15, 0.2) is 0 Å². The maximum atomic E-state index is 11.9. The Labute approximate surface area is 98.0 Å². The highest BCUT2D eigenvalue weighted by Crippen LogP contribution is 2.16. The molecule has 0 atom stereocenters. The third-order valence-corrected chi connectivity index (χ3v) is 4.94. The molecule has 1 heterocycles. The summed E-state index contributed by atoms with van der Waals surface area (Å²) in [5.41, 5.74) is 5.35. The summed E-state index contributed by atoms with van der Waals surface area (Å²) >= 11 is 0. The molecule has 0 aromatic carbocycles. The standard InChI is InChI=1S/C10H22N2O3S/c1-15-10-4-7-12(8-5-10)16(13,14)9-3-2-6-11/h10H,2-9,11H2,1H3. The molecule has 0 unspecified atom stereocenters. The Balaban J connectivity index is 2.39. The topological polar surface area (TPSA) is 72.6 Å². The summed E-state index contributed by atoms with van der Waals surface area (Å²) in [7, 11) is -1.39. The highest BCUT2D eigenvalue weighted by molar-refractivity contribution is 7.89. The number of ether oxygens (including phenoxy) is 1. The molecule has 0 amide bonds. The van der Waals surface area contributed by atoms with Crippen LogP contribution < -0.4 is 5.73 Å². The minimum atomic E-state index is -3.07. The molecule has 0 aliphatic carbocycles. The van der Waals surface area contributed by atoms with E-state index in [0.29, 0.717) is 26.1 Å². The fourth-order valence-electron chi connectivity index (χ4n) is 1.90. The van der Waals surface area contributed by atoms with E-state index < -0.39 is 10.0 Å². The van der Waals surface area contributed by atoms with Crippen LogP contribution in [0.5, 0.6) is 0 Å². The van der Waals surface area contributed by atoms with Crippen LogP contribution in [-0.4, -0.2) is 51.3 Å². The Morgan fingerprint density at radius 2 is 1.94 bits per heavy atom. The number of methoxy groups -OCH3 is 1. The van der Waals surface area contributed by atoms with E-state index in [-0.39, 0.29) is 11.9 Å². The van der Waals surface area contributed by atoms with E-state index in [9.17, 15) is 8.42 Å². The molecule has 1 aliphatic heterocycles. The van der Waals surface area contributed by atoms with Crippen LogP contribution in [0.2, 0.25) is 0 Å². The highest BCUT2D eigenvalue weighted by atomic mass is 32.2. The zero-order chi connectivity index (χ0) is 12.0. The van der Waals surface area contributed by atoms with Gasteiger partial charge in [-0.3, -0.25) is 0 Å². The lowest BCUT2D eigenvalue weighted by molar-refractivity contribution is 0.0604. The molecule has 1 aliphatic rings. The minimum Gasteiger partial charge on any atom is -0.381 e. The molecule has 0 spiro atoms. The van der Waals surface area contributed by atoms with E-state index >= 15 is 0 Å². The van der Waals surface area contributed by atoms with Gasteiger partial charge in [-0.1, -0.05) is 0 Å². The van der Waals surface area contributed by atoms with Gasteiger partial charge in [-0.25, -0.2) is 12.7 Å². The van der Waals surface area contributed by atoms with Crippen molar-refractivity contribution in [1.29, 1.82) is 0 Å². The van der Waals surface area contributed by atoms with Crippen LogP contribution >= 0.6 is 0 Å². The number of piperidine rings is 1. The monoisotopic (exact) mass is 250 g/mol. The van der Waals surface area contributed by atoms with E-state index in [1.165, 1.54) is 0 Å². The zero-order valence-electron chi connectivity index (χ0n) is 9.89. The summed E-state index contributed by atoms with van der Waals surface area (Å²) < 4.78 is 30.6. The predicted octanol–water partition coefficient (Wildman–Crippen LogP) is 0.166. The largest absolute Gasteiger partial charge is 0.381 e. The first-order valence-electron chi connectivity index (χ1n) is 5.81. The van der Waals surface area contributed by atoms with E-state index in [1.54, 1.807) is 11.4 Å². The molecular formula is C10H22N2O3S. The second-order valence-electron chi connectivity index (χ2n) is 4.15. The fraction of sp³-hybridized carbons (Fsp3) is 1.00. The second-order valence-corrected chi connectivity index (χ2v) is 6.23. The molecule has 16 heavy (non-hydrogen) atoms. The van der Waals surface area contributed by atoms with Crippen molar-refractivity contribution in [2.24, 2.45) is 5.73 Å². The van der Waals surface area contributed by atoms with Crippen molar-refractivity contribution in [3.05, 3.63) is 0 Å². The Bertz CT molecular complexity index is 284. The van der Waals surface area contributed by atoms with Crippen molar-refractivity contribution in [2.75, 3.05) is 32.5 Å². The van der Waals surface area contributed by atoms with Gasteiger partial charge in [0.1, 0.15) is 0 Å². The number of nitrogens with zero attached hydrogens (tertiary/aromatic N) is 1. The molecule has 0 aromatic heterocycles. The van der Waals surface area contributed by atoms with E-state index in [2.05, 4.69) is 0 Å². The van der Waals surface area contributed by atoms with Gasteiger partial charge in [-0.2, -0.15) is 0 Å². The quantitative estimate of drug-likeness (QED) is 0.682. The summed E-state index contributed by atoms with van der Waals surface area (Å²) in [4.78, 5) is 0. The Hall–Kier alpha value is -0.170. The van der Waals surface area contributed by atoms with Gasteiger partial charge in [-0.05, 0) is 32.2 Å². The Morgan fingerprint density at radius 1 is 1.31 bits per heavy atom. The SMILES string of the molecule is COC1CCN(S(=O)(=O)CCCCN)CC1. The number of hydrogen-bond donors (Lipinski definition) is 1. The second kappa shape index (κ2) is 6.54.